The quantitative estimate of drug-likeness (QED) is 0.769. The smallest absolute Gasteiger partial charge is 0.224 e. The zero-order chi connectivity index (χ0) is 13.5. The number of rotatable bonds is 6. The topological polar surface area (TPSA) is 80.0 Å². The molecule has 1 heterocycles. The third-order valence-corrected chi connectivity index (χ3v) is 2.61. The molecule has 6 heteroatoms. The lowest BCUT2D eigenvalue weighted by molar-refractivity contribution is -0.116. The first-order chi connectivity index (χ1) is 9.29. The number of hydrogen-bond acceptors (Lipinski definition) is 4. The lowest BCUT2D eigenvalue weighted by Gasteiger charge is -2.06. The molecule has 0 unspecified atom stereocenters. The third kappa shape index (κ3) is 3.89. The molecule has 6 nitrogen and oxygen atoms in total. The first-order valence-electron chi connectivity index (χ1n) is 6.17. The molecule has 19 heavy (non-hydrogen) atoms. The molecule has 0 aliphatic rings. The molecule has 1 aromatic heterocycles. The Kier molecular flexibility index (Phi) is 4.63. The van der Waals surface area contributed by atoms with Gasteiger partial charge in [0.15, 0.2) is 0 Å². The van der Waals surface area contributed by atoms with Crippen molar-refractivity contribution >= 4 is 11.6 Å². The molecule has 0 aliphatic carbocycles. The second-order valence-electron chi connectivity index (χ2n) is 4.09. The Labute approximate surface area is 111 Å². The van der Waals surface area contributed by atoms with E-state index in [0.29, 0.717) is 19.3 Å². The minimum Gasteiger partial charge on any atom is -0.396 e. The Balaban J connectivity index is 1.90. The number of aliphatic hydroxyl groups is 1. The number of carbonyl (C=O) groups excluding carboxylic acids is 1. The van der Waals surface area contributed by atoms with E-state index < -0.39 is 0 Å². The van der Waals surface area contributed by atoms with Gasteiger partial charge in [0.1, 0.15) is 0 Å². The second-order valence-corrected chi connectivity index (χ2v) is 4.09. The lowest BCUT2D eigenvalue weighted by Crippen LogP contribution is -2.11. The monoisotopic (exact) mass is 260 g/mol. The van der Waals surface area contributed by atoms with Crippen molar-refractivity contribution in [3.8, 4) is 5.69 Å². The zero-order valence-corrected chi connectivity index (χ0v) is 10.5. The molecule has 0 saturated heterocycles. The van der Waals surface area contributed by atoms with Crippen LogP contribution in [0, 0.1) is 0 Å². The van der Waals surface area contributed by atoms with Crippen molar-refractivity contribution in [3.63, 3.8) is 0 Å². The van der Waals surface area contributed by atoms with Crippen LogP contribution in [-0.4, -0.2) is 32.6 Å². The van der Waals surface area contributed by atoms with Crippen LogP contribution < -0.4 is 5.32 Å². The van der Waals surface area contributed by atoms with Gasteiger partial charge in [-0.1, -0.05) is 0 Å². The first kappa shape index (κ1) is 13.2. The zero-order valence-electron chi connectivity index (χ0n) is 10.5. The van der Waals surface area contributed by atoms with Crippen molar-refractivity contribution in [1.82, 2.24) is 15.0 Å². The number of aromatic nitrogens is 3. The van der Waals surface area contributed by atoms with Gasteiger partial charge in [-0.15, -0.1) is 0 Å². The summed E-state index contributed by atoms with van der Waals surface area (Å²) in [6.07, 6.45) is 4.98. The van der Waals surface area contributed by atoms with E-state index in [1.54, 1.807) is 12.4 Å². The summed E-state index contributed by atoms with van der Waals surface area (Å²) in [5, 5.41) is 19.5. The van der Waals surface area contributed by atoms with Crippen molar-refractivity contribution in [1.29, 1.82) is 0 Å². The molecule has 2 aromatic rings. The van der Waals surface area contributed by atoms with Crippen LogP contribution in [-0.2, 0) is 4.79 Å². The van der Waals surface area contributed by atoms with E-state index in [0.717, 1.165) is 11.4 Å². The molecule has 0 spiro atoms. The Hall–Kier alpha value is -2.21. The van der Waals surface area contributed by atoms with Gasteiger partial charge in [-0.25, -0.2) is 0 Å². The fraction of sp³-hybridized carbons (Fsp3) is 0.308. The lowest BCUT2D eigenvalue weighted by atomic mass is 10.2. The highest BCUT2D eigenvalue weighted by Crippen LogP contribution is 2.12. The number of nitrogens with one attached hydrogen (secondary N) is 1. The fourth-order valence-electron chi connectivity index (χ4n) is 1.65. The van der Waals surface area contributed by atoms with Gasteiger partial charge in [0.25, 0.3) is 0 Å². The van der Waals surface area contributed by atoms with Gasteiger partial charge in [-0.05, 0) is 37.1 Å². The average Bonchev–Trinajstić information content (AvgIpc) is 2.94. The third-order valence-electron chi connectivity index (χ3n) is 2.61. The molecule has 2 rings (SSSR count). The predicted molar refractivity (Wildman–Crippen MR) is 70.9 cm³/mol. The SMILES string of the molecule is O=C(CCCCO)Nc1ccc(-n2nccn2)cc1. The van der Waals surface area contributed by atoms with Gasteiger partial charge >= 0.3 is 0 Å². The summed E-state index contributed by atoms with van der Waals surface area (Å²) in [4.78, 5) is 13.1. The van der Waals surface area contributed by atoms with Crippen LogP contribution >= 0.6 is 0 Å². The second kappa shape index (κ2) is 6.65. The van der Waals surface area contributed by atoms with Gasteiger partial charge in [-0.2, -0.15) is 15.0 Å². The summed E-state index contributed by atoms with van der Waals surface area (Å²) in [7, 11) is 0. The largest absolute Gasteiger partial charge is 0.396 e. The van der Waals surface area contributed by atoms with Crippen molar-refractivity contribution in [3.05, 3.63) is 36.7 Å². The highest BCUT2D eigenvalue weighted by molar-refractivity contribution is 5.90. The van der Waals surface area contributed by atoms with E-state index in [2.05, 4.69) is 15.5 Å². The number of aliphatic hydroxyl groups excluding tert-OH is 1. The standard InChI is InChI=1S/C13H16N4O2/c18-10-2-1-3-13(19)16-11-4-6-12(7-5-11)17-14-8-9-15-17/h4-9,18H,1-3,10H2,(H,16,19). The van der Waals surface area contributed by atoms with Crippen LogP contribution in [0.1, 0.15) is 19.3 Å². The van der Waals surface area contributed by atoms with E-state index in [9.17, 15) is 4.79 Å². The highest BCUT2D eigenvalue weighted by atomic mass is 16.3. The number of hydrogen-bond donors (Lipinski definition) is 2. The minimum absolute atomic E-state index is 0.0431. The van der Waals surface area contributed by atoms with Gasteiger partial charge in [0, 0.05) is 18.7 Å². The number of amides is 1. The van der Waals surface area contributed by atoms with Crippen molar-refractivity contribution in [2.75, 3.05) is 11.9 Å². The summed E-state index contributed by atoms with van der Waals surface area (Å²) in [6.45, 7) is 0.124. The molecular formula is C13H16N4O2. The molecule has 0 saturated carbocycles. The number of carbonyl (C=O) groups is 1. The number of benzene rings is 1. The van der Waals surface area contributed by atoms with Crippen LogP contribution in [0.5, 0.6) is 0 Å². The molecule has 100 valence electrons. The predicted octanol–water partition coefficient (Wildman–Crippen LogP) is 1.37. The maximum Gasteiger partial charge on any atom is 0.224 e. The molecular weight excluding hydrogens is 244 g/mol. The Morgan fingerprint density at radius 2 is 1.84 bits per heavy atom. The van der Waals surface area contributed by atoms with Crippen LogP contribution in [0.3, 0.4) is 0 Å². The molecule has 1 aromatic carbocycles. The Morgan fingerprint density at radius 1 is 1.16 bits per heavy atom. The Morgan fingerprint density at radius 3 is 2.47 bits per heavy atom. The van der Waals surface area contributed by atoms with Gasteiger partial charge in [-0.3, -0.25) is 4.79 Å². The minimum atomic E-state index is -0.0431. The number of anilines is 1. The summed E-state index contributed by atoms with van der Waals surface area (Å²) >= 11 is 0. The van der Waals surface area contributed by atoms with Crippen molar-refractivity contribution < 1.29 is 9.90 Å². The Bertz CT molecular complexity index is 508. The van der Waals surface area contributed by atoms with Crippen LogP contribution in [0.4, 0.5) is 5.69 Å². The van der Waals surface area contributed by atoms with E-state index in [1.807, 2.05) is 24.3 Å². The van der Waals surface area contributed by atoms with Crippen molar-refractivity contribution in [2.45, 2.75) is 19.3 Å². The van der Waals surface area contributed by atoms with E-state index in [1.165, 1.54) is 4.80 Å². The number of nitrogens with zero attached hydrogens (tertiary/aromatic N) is 3. The van der Waals surface area contributed by atoms with Gasteiger partial charge in [0.05, 0.1) is 18.1 Å². The summed E-state index contributed by atoms with van der Waals surface area (Å²) < 4.78 is 0. The fourth-order valence-corrected chi connectivity index (χ4v) is 1.65. The first-order valence-corrected chi connectivity index (χ1v) is 6.17. The van der Waals surface area contributed by atoms with E-state index in [4.69, 9.17) is 5.11 Å². The van der Waals surface area contributed by atoms with Gasteiger partial charge < -0.3 is 10.4 Å². The van der Waals surface area contributed by atoms with Gasteiger partial charge in [0.2, 0.25) is 5.91 Å². The summed E-state index contributed by atoms with van der Waals surface area (Å²) in [5.74, 6) is -0.0431. The maximum atomic E-state index is 11.6. The molecule has 1 amide bonds. The number of unbranched alkanes of at least 4 members (excludes halogenated alkanes) is 1. The molecule has 0 fully saturated rings. The summed E-state index contributed by atoms with van der Waals surface area (Å²) in [6, 6.07) is 7.29. The molecule has 0 atom stereocenters. The van der Waals surface area contributed by atoms with Crippen molar-refractivity contribution in [2.24, 2.45) is 0 Å². The average molecular weight is 260 g/mol. The van der Waals surface area contributed by atoms with Crippen LogP contribution in [0.25, 0.3) is 5.69 Å². The molecule has 0 radical (unpaired) electrons. The van der Waals surface area contributed by atoms with Crippen LogP contribution in [0.2, 0.25) is 0 Å². The van der Waals surface area contributed by atoms with E-state index in [-0.39, 0.29) is 12.5 Å². The molecule has 0 aliphatic heterocycles. The highest BCUT2D eigenvalue weighted by Gasteiger charge is 2.03. The normalized spacial score (nSPS) is 10.4. The maximum absolute atomic E-state index is 11.6. The van der Waals surface area contributed by atoms with E-state index >= 15 is 0 Å². The van der Waals surface area contributed by atoms with Crippen LogP contribution in [0.15, 0.2) is 36.7 Å². The summed E-state index contributed by atoms with van der Waals surface area (Å²) in [5.41, 5.74) is 1.58. The molecule has 2 N–H and O–H groups in total. The molecule has 0 bridgehead atoms.